The standard InChI is InChI=1S/C23H34N2O4/c1-2-12-28-29-17-16-27-15-14-26-13-3-5-21-6-8-22(9-7-21)25-11-4-10-23(20-25)18-24-19-23/h1,6-9,24H,3-5,10-20H2. The lowest BCUT2D eigenvalue weighted by Gasteiger charge is -2.50. The zero-order valence-electron chi connectivity index (χ0n) is 17.4. The average Bonchev–Trinajstić information content (AvgIpc) is 2.74. The minimum atomic E-state index is 0.155. The quantitative estimate of drug-likeness (QED) is 0.237. The second-order valence-corrected chi connectivity index (χ2v) is 7.91. The fourth-order valence-corrected chi connectivity index (χ4v) is 4.00. The van der Waals surface area contributed by atoms with Crippen molar-refractivity contribution < 1.29 is 19.2 Å². The molecule has 0 bridgehead atoms. The fraction of sp³-hybridized carbons (Fsp3) is 0.652. The molecule has 0 aromatic heterocycles. The zero-order chi connectivity index (χ0) is 20.2. The van der Waals surface area contributed by atoms with E-state index in [4.69, 9.17) is 25.7 Å². The van der Waals surface area contributed by atoms with Gasteiger partial charge in [-0.15, -0.1) is 6.42 Å². The smallest absolute Gasteiger partial charge is 0.142 e. The van der Waals surface area contributed by atoms with E-state index in [9.17, 15) is 0 Å². The van der Waals surface area contributed by atoms with Gasteiger partial charge in [-0.1, -0.05) is 18.1 Å². The van der Waals surface area contributed by atoms with E-state index in [-0.39, 0.29) is 6.61 Å². The van der Waals surface area contributed by atoms with Crippen LogP contribution >= 0.6 is 0 Å². The molecular weight excluding hydrogens is 368 g/mol. The number of ether oxygens (including phenoxy) is 2. The van der Waals surface area contributed by atoms with Crippen LogP contribution in [0.25, 0.3) is 0 Å². The Morgan fingerprint density at radius 3 is 2.48 bits per heavy atom. The number of nitrogens with zero attached hydrogens (tertiary/aromatic N) is 1. The largest absolute Gasteiger partial charge is 0.379 e. The van der Waals surface area contributed by atoms with Crippen LogP contribution in [-0.4, -0.2) is 65.8 Å². The van der Waals surface area contributed by atoms with Gasteiger partial charge in [-0.25, -0.2) is 9.78 Å². The van der Waals surface area contributed by atoms with Crippen molar-refractivity contribution in [1.29, 1.82) is 0 Å². The number of rotatable bonds is 13. The van der Waals surface area contributed by atoms with Crippen LogP contribution in [0.5, 0.6) is 0 Å². The van der Waals surface area contributed by atoms with Crippen LogP contribution in [0, 0.1) is 17.8 Å². The van der Waals surface area contributed by atoms with Gasteiger partial charge in [-0.05, 0) is 43.4 Å². The third kappa shape index (κ3) is 7.29. The molecule has 1 spiro atoms. The number of aryl methyl sites for hydroxylation is 1. The highest BCUT2D eigenvalue weighted by atomic mass is 17.2. The molecule has 2 fully saturated rings. The Kier molecular flexibility index (Phi) is 9.26. The molecule has 0 unspecified atom stereocenters. The van der Waals surface area contributed by atoms with Crippen LogP contribution < -0.4 is 10.2 Å². The first kappa shape index (κ1) is 22.1. The van der Waals surface area contributed by atoms with Crippen LogP contribution in [0.2, 0.25) is 0 Å². The van der Waals surface area contributed by atoms with E-state index < -0.39 is 0 Å². The van der Waals surface area contributed by atoms with Gasteiger partial charge in [0, 0.05) is 43.9 Å². The molecule has 2 aliphatic rings. The van der Waals surface area contributed by atoms with Gasteiger partial charge in [0.2, 0.25) is 0 Å². The molecule has 0 saturated carbocycles. The molecule has 6 nitrogen and oxygen atoms in total. The van der Waals surface area contributed by atoms with Crippen LogP contribution in [0.4, 0.5) is 5.69 Å². The lowest BCUT2D eigenvalue weighted by Crippen LogP contribution is -2.61. The Labute approximate surface area is 174 Å². The molecular formula is C23H34N2O4. The summed E-state index contributed by atoms with van der Waals surface area (Å²) in [5.74, 6) is 2.32. The highest BCUT2D eigenvalue weighted by Gasteiger charge is 2.40. The van der Waals surface area contributed by atoms with Crippen molar-refractivity contribution in [2.24, 2.45) is 5.41 Å². The summed E-state index contributed by atoms with van der Waals surface area (Å²) in [5.41, 5.74) is 3.26. The zero-order valence-corrected chi connectivity index (χ0v) is 17.4. The molecule has 29 heavy (non-hydrogen) atoms. The van der Waals surface area contributed by atoms with Crippen molar-refractivity contribution in [3.8, 4) is 12.3 Å². The summed E-state index contributed by atoms with van der Waals surface area (Å²) in [6.45, 7) is 7.62. The first-order valence-electron chi connectivity index (χ1n) is 10.7. The molecule has 0 radical (unpaired) electrons. The minimum Gasteiger partial charge on any atom is -0.379 e. The van der Waals surface area contributed by atoms with E-state index in [0.29, 0.717) is 31.8 Å². The molecule has 2 saturated heterocycles. The molecule has 2 aliphatic heterocycles. The maximum Gasteiger partial charge on any atom is 0.142 e. The maximum absolute atomic E-state index is 5.62. The Hall–Kier alpha value is -1.62. The maximum atomic E-state index is 5.62. The normalized spacial score (nSPS) is 17.8. The average molecular weight is 403 g/mol. The van der Waals surface area contributed by atoms with Gasteiger partial charge in [0.05, 0.1) is 19.8 Å². The monoisotopic (exact) mass is 402 g/mol. The second kappa shape index (κ2) is 12.2. The Morgan fingerprint density at radius 1 is 1.00 bits per heavy atom. The van der Waals surface area contributed by atoms with Gasteiger partial charge in [-0.3, -0.25) is 0 Å². The summed E-state index contributed by atoms with van der Waals surface area (Å²) in [5, 5.41) is 3.45. The lowest BCUT2D eigenvalue weighted by molar-refractivity contribution is -0.289. The van der Waals surface area contributed by atoms with E-state index in [1.54, 1.807) is 0 Å². The molecule has 0 atom stereocenters. The molecule has 160 valence electrons. The number of hydrogen-bond acceptors (Lipinski definition) is 6. The molecule has 1 aromatic carbocycles. The van der Waals surface area contributed by atoms with Gasteiger partial charge in [0.15, 0.2) is 0 Å². The summed E-state index contributed by atoms with van der Waals surface area (Å²) < 4.78 is 11.0. The Balaban J connectivity index is 1.21. The van der Waals surface area contributed by atoms with Crippen molar-refractivity contribution in [3.05, 3.63) is 29.8 Å². The van der Waals surface area contributed by atoms with Gasteiger partial charge in [0.1, 0.15) is 13.2 Å². The van der Waals surface area contributed by atoms with Crippen molar-refractivity contribution in [2.45, 2.75) is 25.7 Å². The van der Waals surface area contributed by atoms with Gasteiger partial charge < -0.3 is 19.7 Å². The van der Waals surface area contributed by atoms with Crippen LogP contribution in [0.3, 0.4) is 0 Å². The SMILES string of the molecule is C#CCOOCCOCCOCCCc1ccc(N2CCCC3(CNC3)C2)cc1. The number of hydrogen-bond donors (Lipinski definition) is 1. The van der Waals surface area contributed by atoms with E-state index in [1.807, 2.05) is 0 Å². The third-order valence-electron chi connectivity index (χ3n) is 5.63. The fourth-order valence-electron chi connectivity index (χ4n) is 4.00. The molecule has 3 rings (SSSR count). The van der Waals surface area contributed by atoms with Crippen molar-refractivity contribution in [2.75, 3.05) is 70.7 Å². The molecule has 2 heterocycles. The van der Waals surface area contributed by atoms with Crippen molar-refractivity contribution in [1.82, 2.24) is 5.32 Å². The summed E-state index contributed by atoms with van der Waals surface area (Å²) in [6.07, 6.45) is 9.76. The second-order valence-electron chi connectivity index (χ2n) is 7.91. The van der Waals surface area contributed by atoms with Crippen LogP contribution in [0.1, 0.15) is 24.8 Å². The number of nitrogens with one attached hydrogen (secondary N) is 1. The number of piperidine rings is 1. The number of benzene rings is 1. The predicted molar refractivity (Wildman–Crippen MR) is 114 cm³/mol. The summed E-state index contributed by atoms with van der Waals surface area (Å²) >= 11 is 0. The van der Waals surface area contributed by atoms with Crippen molar-refractivity contribution in [3.63, 3.8) is 0 Å². The minimum absolute atomic E-state index is 0.155. The Bertz CT molecular complexity index is 625. The van der Waals surface area contributed by atoms with Gasteiger partial charge >= 0.3 is 0 Å². The van der Waals surface area contributed by atoms with E-state index >= 15 is 0 Å². The molecule has 1 aromatic rings. The molecule has 0 aliphatic carbocycles. The molecule has 0 amide bonds. The van der Waals surface area contributed by atoms with E-state index in [2.05, 4.69) is 40.4 Å². The predicted octanol–water partition coefficient (Wildman–Crippen LogP) is 2.42. The number of anilines is 1. The number of terminal acetylenes is 1. The summed E-state index contributed by atoms with van der Waals surface area (Å²) in [6, 6.07) is 9.09. The van der Waals surface area contributed by atoms with Crippen LogP contribution in [0.15, 0.2) is 24.3 Å². The van der Waals surface area contributed by atoms with E-state index in [0.717, 1.165) is 19.4 Å². The first-order valence-corrected chi connectivity index (χ1v) is 10.7. The van der Waals surface area contributed by atoms with E-state index in [1.165, 1.54) is 50.3 Å². The molecule has 6 heteroatoms. The van der Waals surface area contributed by atoms with Crippen molar-refractivity contribution >= 4 is 5.69 Å². The first-order chi connectivity index (χ1) is 14.3. The third-order valence-corrected chi connectivity index (χ3v) is 5.63. The van der Waals surface area contributed by atoms with Gasteiger partial charge in [0.25, 0.3) is 0 Å². The lowest BCUT2D eigenvalue weighted by atomic mass is 9.75. The van der Waals surface area contributed by atoms with Gasteiger partial charge in [-0.2, -0.15) is 0 Å². The topological polar surface area (TPSA) is 52.2 Å². The summed E-state index contributed by atoms with van der Waals surface area (Å²) in [4.78, 5) is 12.1. The molecule has 1 N–H and O–H groups in total. The highest BCUT2D eigenvalue weighted by molar-refractivity contribution is 5.48. The van der Waals surface area contributed by atoms with Crippen LogP contribution in [-0.2, 0) is 25.7 Å². The summed E-state index contributed by atoms with van der Waals surface area (Å²) in [7, 11) is 0. The highest BCUT2D eigenvalue weighted by Crippen LogP contribution is 2.35. The Morgan fingerprint density at radius 2 is 1.76 bits per heavy atom.